The molecular formula is C16H21NO3. The number of benzene rings is 1. The number of hydrogen-bond donors (Lipinski definition) is 1. The topological polar surface area (TPSA) is 57.6 Å². The van der Waals surface area contributed by atoms with Crippen molar-refractivity contribution in [2.45, 2.75) is 32.7 Å². The lowest BCUT2D eigenvalue weighted by atomic mass is 10.1. The van der Waals surface area contributed by atoms with E-state index in [-0.39, 0.29) is 5.91 Å². The van der Waals surface area contributed by atoms with E-state index in [0.717, 1.165) is 30.0 Å². The van der Waals surface area contributed by atoms with Gasteiger partial charge in [-0.1, -0.05) is 37.6 Å². The fourth-order valence-electron chi connectivity index (χ4n) is 1.78. The van der Waals surface area contributed by atoms with Crippen LogP contribution in [0.4, 0.5) is 0 Å². The highest BCUT2D eigenvalue weighted by atomic mass is 16.4. The second-order valence-corrected chi connectivity index (χ2v) is 4.77. The van der Waals surface area contributed by atoms with Crippen molar-refractivity contribution >= 4 is 18.0 Å². The summed E-state index contributed by atoms with van der Waals surface area (Å²) >= 11 is 0. The first-order valence-electron chi connectivity index (χ1n) is 6.77. The van der Waals surface area contributed by atoms with E-state index in [1.807, 2.05) is 24.3 Å². The van der Waals surface area contributed by atoms with E-state index in [9.17, 15) is 9.59 Å². The summed E-state index contributed by atoms with van der Waals surface area (Å²) in [6.45, 7) is 2.64. The van der Waals surface area contributed by atoms with E-state index >= 15 is 0 Å². The fraction of sp³-hybridized carbons (Fsp3) is 0.375. The molecule has 20 heavy (non-hydrogen) atoms. The zero-order chi connectivity index (χ0) is 15.0. The second-order valence-electron chi connectivity index (χ2n) is 4.77. The normalized spacial score (nSPS) is 10.7. The maximum Gasteiger partial charge on any atom is 0.328 e. The van der Waals surface area contributed by atoms with Gasteiger partial charge in [0.15, 0.2) is 0 Å². The Hall–Kier alpha value is -2.10. The summed E-state index contributed by atoms with van der Waals surface area (Å²) < 4.78 is 0. The average Bonchev–Trinajstić information content (AvgIpc) is 2.43. The molecule has 0 aliphatic rings. The minimum Gasteiger partial charge on any atom is -0.478 e. The first-order valence-corrected chi connectivity index (χ1v) is 6.77. The highest BCUT2D eigenvalue weighted by molar-refractivity contribution is 5.85. The monoisotopic (exact) mass is 275 g/mol. The van der Waals surface area contributed by atoms with Crippen LogP contribution < -0.4 is 0 Å². The van der Waals surface area contributed by atoms with Crippen LogP contribution >= 0.6 is 0 Å². The fourth-order valence-corrected chi connectivity index (χ4v) is 1.78. The molecular weight excluding hydrogens is 254 g/mol. The number of carboxylic acid groups (broad SMARTS) is 1. The van der Waals surface area contributed by atoms with Gasteiger partial charge < -0.3 is 10.0 Å². The van der Waals surface area contributed by atoms with Crippen LogP contribution in [-0.2, 0) is 16.1 Å². The SMILES string of the molecule is CCCCC(=O)N(C)Cc1ccc(C=CC(=O)O)cc1. The van der Waals surface area contributed by atoms with Crippen LogP contribution in [-0.4, -0.2) is 28.9 Å². The van der Waals surface area contributed by atoms with Crippen LogP contribution in [0.3, 0.4) is 0 Å². The van der Waals surface area contributed by atoms with Crippen LogP contribution in [0.5, 0.6) is 0 Å². The Morgan fingerprint density at radius 2 is 1.90 bits per heavy atom. The standard InChI is InChI=1S/C16H21NO3/c1-3-4-5-15(18)17(2)12-14-8-6-13(7-9-14)10-11-16(19)20/h6-11H,3-5,12H2,1-2H3,(H,19,20). The number of unbranched alkanes of at least 4 members (excludes halogenated alkanes) is 1. The highest BCUT2D eigenvalue weighted by Crippen LogP contribution is 2.09. The van der Waals surface area contributed by atoms with Crippen molar-refractivity contribution in [3.8, 4) is 0 Å². The Labute approximate surface area is 119 Å². The lowest BCUT2D eigenvalue weighted by Gasteiger charge is -2.17. The third-order valence-electron chi connectivity index (χ3n) is 2.99. The van der Waals surface area contributed by atoms with Crippen molar-refractivity contribution in [1.82, 2.24) is 4.90 Å². The number of carbonyl (C=O) groups excluding carboxylic acids is 1. The highest BCUT2D eigenvalue weighted by Gasteiger charge is 2.08. The van der Waals surface area contributed by atoms with E-state index in [4.69, 9.17) is 5.11 Å². The molecule has 0 heterocycles. The number of carbonyl (C=O) groups is 2. The molecule has 1 amide bonds. The Morgan fingerprint density at radius 1 is 1.25 bits per heavy atom. The predicted octanol–water partition coefficient (Wildman–Crippen LogP) is 2.93. The summed E-state index contributed by atoms with van der Waals surface area (Å²) in [5, 5.41) is 8.55. The molecule has 108 valence electrons. The molecule has 0 unspecified atom stereocenters. The Bertz CT molecular complexity index is 477. The zero-order valence-electron chi connectivity index (χ0n) is 12.0. The molecule has 1 N–H and O–H groups in total. The van der Waals surface area contributed by atoms with Crippen LogP contribution in [0.25, 0.3) is 6.08 Å². The molecule has 0 aliphatic carbocycles. The Morgan fingerprint density at radius 3 is 2.45 bits per heavy atom. The summed E-state index contributed by atoms with van der Waals surface area (Å²) in [4.78, 5) is 23.9. The molecule has 0 aliphatic heterocycles. The van der Waals surface area contributed by atoms with Gasteiger partial charge in [-0.25, -0.2) is 4.79 Å². The molecule has 1 aromatic rings. The summed E-state index contributed by atoms with van der Waals surface area (Å²) in [6.07, 6.45) is 5.18. The van der Waals surface area contributed by atoms with Crippen molar-refractivity contribution < 1.29 is 14.7 Å². The largest absolute Gasteiger partial charge is 0.478 e. The number of rotatable bonds is 7. The van der Waals surface area contributed by atoms with E-state index in [0.29, 0.717) is 13.0 Å². The van der Waals surface area contributed by atoms with Crippen molar-refractivity contribution in [3.05, 3.63) is 41.5 Å². The summed E-state index contributed by atoms with van der Waals surface area (Å²) in [5.41, 5.74) is 1.86. The minimum absolute atomic E-state index is 0.154. The number of hydrogen-bond acceptors (Lipinski definition) is 2. The molecule has 0 fully saturated rings. The number of amides is 1. The molecule has 0 saturated heterocycles. The van der Waals surface area contributed by atoms with Crippen molar-refractivity contribution in [2.24, 2.45) is 0 Å². The van der Waals surface area contributed by atoms with Gasteiger partial charge >= 0.3 is 5.97 Å². The lowest BCUT2D eigenvalue weighted by molar-refractivity contribution is -0.131. The molecule has 0 spiro atoms. The van der Waals surface area contributed by atoms with Gasteiger partial charge in [0.2, 0.25) is 5.91 Å². The van der Waals surface area contributed by atoms with Crippen molar-refractivity contribution in [3.63, 3.8) is 0 Å². The molecule has 0 radical (unpaired) electrons. The average molecular weight is 275 g/mol. The van der Waals surface area contributed by atoms with E-state index < -0.39 is 5.97 Å². The van der Waals surface area contributed by atoms with Gasteiger partial charge in [-0.15, -0.1) is 0 Å². The molecule has 0 bridgehead atoms. The van der Waals surface area contributed by atoms with Gasteiger partial charge in [-0.3, -0.25) is 4.79 Å². The number of carboxylic acids is 1. The Balaban J connectivity index is 2.56. The maximum absolute atomic E-state index is 11.8. The van der Waals surface area contributed by atoms with Crippen LogP contribution in [0, 0.1) is 0 Å². The van der Waals surface area contributed by atoms with Crippen molar-refractivity contribution in [2.75, 3.05) is 7.05 Å². The first-order chi connectivity index (χ1) is 9.52. The third kappa shape index (κ3) is 5.69. The molecule has 0 saturated carbocycles. The van der Waals surface area contributed by atoms with E-state index in [1.54, 1.807) is 18.0 Å². The lowest BCUT2D eigenvalue weighted by Crippen LogP contribution is -2.25. The predicted molar refractivity (Wildman–Crippen MR) is 79.1 cm³/mol. The first kappa shape index (κ1) is 16.0. The quantitative estimate of drug-likeness (QED) is 0.778. The van der Waals surface area contributed by atoms with Gasteiger partial charge in [-0.05, 0) is 23.6 Å². The summed E-state index contributed by atoms with van der Waals surface area (Å²) in [7, 11) is 1.80. The smallest absolute Gasteiger partial charge is 0.328 e. The van der Waals surface area contributed by atoms with E-state index in [1.165, 1.54) is 0 Å². The number of nitrogens with zero attached hydrogens (tertiary/aromatic N) is 1. The summed E-state index contributed by atoms with van der Waals surface area (Å²) in [6, 6.07) is 7.51. The van der Waals surface area contributed by atoms with Crippen LogP contribution in [0.15, 0.2) is 30.3 Å². The number of aliphatic carboxylic acids is 1. The molecule has 0 atom stereocenters. The van der Waals surface area contributed by atoms with Crippen molar-refractivity contribution in [1.29, 1.82) is 0 Å². The van der Waals surface area contributed by atoms with Gasteiger partial charge in [0.25, 0.3) is 0 Å². The maximum atomic E-state index is 11.8. The van der Waals surface area contributed by atoms with Crippen LogP contribution in [0.1, 0.15) is 37.3 Å². The molecule has 1 rings (SSSR count). The van der Waals surface area contributed by atoms with Gasteiger partial charge in [0.1, 0.15) is 0 Å². The molecule has 0 aromatic heterocycles. The molecule has 4 heteroatoms. The molecule has 4 nitrogen and oxygen atoms in total. The van der Waals surface area contributed by atoms with Gasteiger partial charge in [0.05, 0.1) is 0 Å². The van der Waals surface area contributed by atoms with E-state index in [2.05, 4.69) is 6.92 Å². The zero-order valence-corrected chi connectivity index (χ0v) is 12.0. The van der Waals surface area contributed by atoms with Gasteiger partial charge in [0, 0.05) is 26.1 Å². The minimum atomic E-state index is -0.963. The third-order valence-corrected chi connectivity index (χ3v) is 2.99. The second kappa shape index (κ2) is 8.15. The molecule has 1 aromatic carbocycles. The Kier molecular flexibility index (Phi) is 6.50. The van der Waals surface area contributed by atoms with Crippen LogP contribution in [0.2, 0.25) is 0 Å². The van der Waals surface area contributed by atoms with Gasteiger partial charge in [-0.2, -0.15) is 0 Å². The summed E-state index contributed by atoms with van der Waals surface area (Å²) in [5.74, 6) is -0.808.